The average molecular weight is 346 g/mol. The Morgan fingerprint density at radius 1 is 1.13 bits per heavy atom. The Morgan fingerprint density at radius 3 is 2.57 bits per heavy atom. The normalized spacial score (nSPS) is 12.3. The van der Waals surface area contributed by atoms with Crippen molar-refractivity contribution in [2.45, 2.75) is 19.5 Å². The summed E-state index contributed by atoms with van der Waals surface area (Å²) in [7, 11) is 0. The number of aromatic nitrogens is 2. The highest BCUT2D eigenvalue weighted by atomic mass is 35.5. The molecule has 0 fully saturated rings. The van der Waals surface area contributed by atoms with Gasteiger partial charge in [0.15, 0.2) is 0 Å². The topological polar surface area (TPSA) is 29.9 Å². The number of halogens is 2. The molecule has 0 aliphatic heterocycles. The maximum absolute atomic E-state index is 6.25. The Bertz CT molecular complexity index is 767. The number of hydrogen-bond acceptors (Lipinski definition) is 2. The van der Waals surface area contributed by atoms with Crippen LogP contribution in [0.4, 0.5) is 0 Å². The summed E-state index contributed by atoms with van der Waals surface area (Å²) in [4.78, 5) is 0. The zero-order valence-electron chi connectivity index (χ0n) is 12.7. The van der Waals surface area contributed by atoms with Crippen LogP contribution in [0, 0.1) is 0 Å². The lowest BCUT2D eigenvalue weighted by Crippen LogP contribution is -2.18. The Balaban J connectivity index is 1.63. The Hall–Kier alpha value is -1.81. The monoisotopic (exact) mass is 345 g/mol. The van der Waals surface area contributed by atoms with Crippen LogP contribution >= 0.6 is 23.2 Å². The zero-order valence-corrected chi connectivity index (χ0v) is 14.2. The molecule has 3 rings (SSSR count). The van der Waals surface area contributed by atoms with Gasteiger partial charge >= 0.3 is 0 Å². The summed E-state index contributed by atoms with van der Waals surface area (Å²) in [5, 5.41) is 9.04. The fraction of sp³-hybridized carbons (Fsp3) is 0.167. The average Bonchev–Trinajstić information content (AvgIpc) is 3.07. The molecule has 0 aliphatic rings. The fourth-order valence-corrected chi connectivity index (χ4v) is 2.99. The van der Waals surface area contributed by atoms with E-state index >= 15 is 0 Å². The van der Waals surface area contributed by atoms with Crippen LogP contribution in [-0.2, 0) is 6.54 Å². The molecule has 2 aromatic carbocycles. The van der Waals surface area contributed by atoms with E-state index in [-0.39, 0.29) is 6.04 Å². The Kier molecular flexibility index (Phi) is 5.01. The maximum atomic E-state index is 6.25. The standard InChI is InChI=1S/C18H17Cl2N3/c1-13(17-8-5-15(19)11-18(17)20)21-12-14-3-6-16(7-4-14)23-10-2-9-22-23/h2-11,13,21H,12H2,1H3. The van der Waals surface area contributed by atoms with E-state index in [9.17, 15) is 0 Å². The number of nitrogens with zero attached hydrogens (tertiary/aromatic N) is 2. The van der Waals surface area contributed by atoms with Crippen molar-refractivity contribution in [2.75, 3.05) is 0 Å². The molecule has 118 valence electrons. The number of hydrogen-bond donors (Lipinski definition) is 1. The smallest absolute Gasteiger partial charge is 0.0645 e. The van der Waals surface area contributed by atoms with Crippen molar-refractivity contribution in [3.63, 3.8) is 0 Å². The summed E-state index contributed by atoms with van der Waals surface area (Å²) in [6.07, 6.45) is 3.70. The molecule has 0 spiro atoms. The van der Waals surface area contributed by atoms with Gasteiger partial charge in [-0.2, -0.15) is 5.10 Å². The van der Waals surface area contributed by atoms with E-state index in [4.69, 9.17) is 23.2 Å². The quantitative estimate of drug-likeness (QED) is 0.702. The molecule has 0 saturated carbocycles. The van der Waals surface area contributed by atoms with E-state index in [1.165, 1.54) is 5.56 Å². The highest BCUT2D eigenvalue weighted by molar-refractivity contribution is 6.35. The molecule has 0 aliphatic carbocycles. The molecular formula is C18H17Cl2N3. The van der Waals surface area contributed by atoms with Gasteiger partial charge in [0.25, 0.3) is 0 Å². The minimum absolute atomic E-state index is 0.144. The van der Waals surface area contributed by atoms with Gasteiger partial charge in [-0.1, -0.05) is 41.4 Å². The second-order valence-corrected chi connectivity index (χ2v) is 6.23. The van der Waals surface area contributed by atoms with Gasteiger partial charge in [0.1, 0.15) is 0 Å². The molecule has 0 amide bonds. The minimum atomic E-state index is 0.144. The first-order valence-electron chi connectivity index (χ1n) is 7.41. The second-order valence-electron chi connectivity index (χ2n) is 5.39. The van der Waals surface area contributed by atoms with E-state index in [1.54, 1.807) is 12.3 Å². The summed E-state index contributed by atoms with van der Waals surface area (Å²) in [6, 6.07) is 16.0. The number of benzene rings is 2. The maximum Gasteiger partial charge on any atom is 0.0645 e. The summed E-state index contributed by atoms with van der Waals surface area (Å²) in [5.41, 5.74) is 3.30. The summed E-state index contributed by atoms with van der Waals surface area (Å²) in [6.45, 7) is 2.85. The lowest BCUT2D eigenvalue weighted by atomic mass is 10.1. The lowest BCUT2D eigenvalue weighted by molar-refractivity contribution is 0.575. The molecule has 3 aromatic rings. The number of rotatable bonds is 5. The fourth-order valence-electron chi connectivity index (χ4n) is 2.42. The van der Waals surface area contributed by atoms with Crippen molar-refractivity contribution < 1.29 is 0 Å². The Labute approximate surface area is 145 Å². The minimum Gasteiger partial charge on any atom is -0.306 e. The molecule has 3 nitrogen and oxygen atoms in total. The van der Waals surface area contributed by atoms with Crippen molar-refractivity contribution >= 4 is 23.2 Å². The van der Waals surface area contributed by atoms with E-state index in [0.717, 1.165) is 17.8 Å². The van der Waals surface area contributed by atoms with Crippen LogP contribution in [-0.4, -0.2) is 9.78 Å². The first kappa shape index (κ1) is 16.1. The molecule has 1 atom stereocenters. The van der Waals surface area contributed by atoms with Gasteiger partial charge in [-0.05, 0) is 48.4 Å². The number of nitrogens with one attached hydrogen (secondary N) is 1. The highest BCUT2D eigenvalue weighted by Crippen LogP contribution is 2.26. The molecule has 1 heterocycles. The van der Waals surface area contributed by atoms with Gasteiger partial charge in [0.2, 0.25) is 0 Å². The largest absolute Gasteiger partial charge is 0.306 e. The van der Waals surface area contributed by atoms with Crippen molar-refractivity contribution in [3.8, 4) is 5.69 Å². The van der Waals surface area contributed by atoms with E-state index in [2.05, 4.69) is 41.6 Å². The molecular weight excluding hydrogens is 329 g/mol. The third-order valence-electron chi connectivity index (χ3n) is 3.75. The van der Waals surface area contributed by atoms with Crippen molar-refractivity contribution in [1.29, 1.82) is 0 Å². The summed E-state index contributed by atoms with van der Waals surface area (Å²) >= 11 is 12.2. The van der Waals surface area contributed by atoms with Gasteiger partial charge in [-0.25, -0.2) is 4.68 Å². The van der Waals surface area contributed by atoms with Crippen LogP contribution in [0.15, 0.2) is 60.9 Å². The van der Waals surface area contributed by atoms with Crippen LogP contribution in [0.3, 0.4) is 0 Å². The molecule has 0 bridgehead atoms. The van der Waals surface area contributed by atoms with Gasteiger partial charge in [-0.3, -0.25) is 0 Å². The van der Waals surface area contributed by atoms with Crippen LogP contribution in [0.5, 0.6) is 0 Å². The van der Waals surface area contributed by atoms with Gasteiger partial charge < -0.3 is 5.32 Å². The van der Waals surface area contributed by atoms with Crippen LogP contribution in [0.1, 0.15) is 24.1 Å². The molecule has 5 heteroatoms. The second kappa shape index (κ2) is 7.18. The van der Waals surface area contributed by atoms with E-state index < -0.39 is 0 Å². The zero-order chi connectivity index (χ0) is 16.2. The van der Waals surface area contributed by atoms with E-state index in [0.29, 0.717) is 10.0 Å². The highest BCUT2D eigenvalue weighted by Gasteiger charge is 2.09. The summed E-state index contributed by atoms with van der Waals surface area (Å²) in [5.74, 6) is 0. The third kappa shape index (κ3) is 3.94. The van der Waals surface area contributed by atoms with Gasteiger partial charge in [0, 0.05) is 35.0 Å². The first-order chi connectivity index (χ1) is 11.1. The van der Waals surface area contributed by atoms with Crippen LogP contribution in [0.25, 0.3) is 5.69 Å². The van der Waals surface area contributed by atoms with Gasteiger partial charge in [0.05, 0.1) is 5.69 Å². The molecule has 1 aromatic heterocycles. The lowest BCUT2D eigenvalue weighted by Gasteiger charge is -2.16. The van der Waals surface area contributed by atoms with Crippen molar-refractivity contribution in [3.05, 3.63) is 82.1 Å². The summed E-state index contributed by atoms with van der Waals surface area (Å²) < 4.78 is 1.84. The Morgan fingerprint density at radius 2 is 1.91 bits per heavy atom. The van der Waals surface area contributed by atoms with Crippen molar-refractivity contribution in [1.82, 2.24) is 15.1 Å². The van der Waals surface area contributed by atoms with Crippen LogP contribution < -0.4 is 5.32 Å². The predicted octanol–water partition coefficient (Wildman–Crippen LogP) is 5.03. The molecule has 1 N–H and O–H groups in total. The molecule has 0 radical (unpaired) electrons. The molecule has 23 heavy (non-hydrogen) atoms. The SMILES string of the molecule is CC(NCc1ccc(-n2cccn2)cc1)c1ccc(Cl)cc1Cl. The third-order valence-corrected chi connectivity index (χ3v) is 4.31. The van der Waals surface area contributed by atoms with Crippen molar-refractivity contribution in [2.24, 2.45) is 0 Å². The van der Waals surface area contributed by atoms with Gasteiger partial charge in [-0.15, -0.1) is 0 Å². The van der Waals surface area contributed by atoms with Crippen LogP contribution in [0.2, 0.25) is 10.0 Å². The molecule has 1 unspecified atom stereocenters. The van der Waals surface area contributed by atoms with E-state index in [1.807, 2.05) is 29.1 Å². The predicted molar refractivity (Wildman–Crippen MR) is 95.3 cm³/mol. The molecule has 0 saturated heterocycles. The first-order valence-corrected chi connectivity index (χ1v) is 8.16.